The van der Waals surface area contributed by atoms with E-state index in [9.17, 15) is 9.59 Å². The Balaban J connectivity index is 1.96. The van der Waals surface area contributed by atoms with Gasteiger partial charge in [0.15, 0.2) is 0 Å². The van der Waals surface area contributed by atoms with E-state index in [1.807, 2.05) is 38.1 Å². The average Bonchev–Trinajstić information content (AvgIpc) is 2.77. The van der Waals surface area contributed by atoms with Crippen molar-refractivity contribution in [3.05, 3.63) is 29.8 Å². The van der Waals surface area contributed by atoms with Crippen LogP contribution in [0.4, 0.5) is 5.00 Å². The number of anilines is 1. The number of carbonyl (C=O) groups excluding carboxylic acids is 2. The molecule has 1 fully saturated rings. The molecular weight excluding hydrogens is 332 g/mol. The second kappa shape index (κ2) is 5.84. The number of fused-ring (bicyclic) bond motifs is 1. The number of rotatable bonds is 4. The van der Waals surface area contributed by atoms with Gasteiger partial charge in [-0.15, -0.1) is 11.3 Å². The van der Waals surface area contributed by atoms with Crippen LogP contribution in [0.25, 0.3) is 10.1 Å². The van der Waals surface area contributed by atoms with Crippen molar-refractivity contribution in [2.45, 2.75) is 47.6 Å². The first-order chi connectivity index (χ1) is 11.6. The summed E-state index contributed by atoms with van der Waals surface area (Å²) in [4.78, 5) is 25.6. The predicted molar refractivity (Wildman–Crippen MR) is 104 cm³/mol. The van der Waals surface area contributed by atoms with Crippen LogP contribution in [0.1, 0.15) is 51.9 Å². The molecule has 1 saturated carbocycles. The van der Waals surface area contributed by atoms with E-state index in [0.717, 1.165) is 10.1 Å². The standard InChI is InChI=1S/C20H26N2O2S/c1-11(2)21-16(23)14-12-9-7-8-10-13(12)25-18(14)22-17(24)15-19(3,4)20(15,5)6/h7-11,15H,1-6H3,(H,21,23)(H,22,24). The molecule has 2 N–H and O–H groups in total. The summed E-state index contributed by atoms with van der Waals surface area (Å²) in [6.45, 7) is 12.3. The molecule has 0 saturated heterocycles. The monoisotopic (exact) mass is 358 g/mol. The molecule has 0 aliphatic heterocycles. The third kappa shape index (κ3) is 2.84. The number of hydrogen-bond donors (Lipinski definition) is 2. The largest absolute Gasteiger partial charge is 0.350 e. The molecule has 1 aliphatic rings. The van der Waals surface area contributed by atoms with Gasteiger partial charge in [-0.1, -0.05) is 45.9 Å². The van der Waals surface area contributed by atoms with Crippen molar-refractivity contribution in [2.75, 3.05) is 5.32 Å². The summed E-state index contributed by atoms with van der Waals surface area (Å²) in [7, 11) is 0. The van der Waals surface area contributed by atoms with Crippen LogP contribution in [0, 0.1) is 16.7 Å². The first-order valence-corrected chi connectivity index (χ1v) is 9.52. The molecule has 1 aromatic heterocycles. The summed E-state index contributed by atoms with van der Waals surface area (Å²) in [6.07, 6.45) is 0. The number of thiophene rings is 1. The Morgan fingerprint density at radius 3 is 2.24 bits per heavy atom. The van der Waals surface area contributed by atoms with Gasteiger partial charge in [0, 0.05) is 22.0 Å². The average molecular weight is 359 g/mol. The minimum atomic E-state index is -0.142. The number of benzene rings is 1. The van der Waals surface area contributed by atoms with Crippen LogP contribution in [0.3, 0.4) is 0 Å². The summed E-state index contributed by atoms with van der Waals surface area (Å²) in [5.74, 6) is -0.191. The Labute approximate surface area is 153 Å². The van der Waals surface area contributed by atoms with Crippen LogP contribution in [0.2, 0.25) is 0 Å². The predicted octanol–water partition coefficient (Wildman–Crippen LogP) is 4.66. The summed E-state index contributed by atoms with van der Waals surface area (Å²) in [6, 6.07) is 7.81. The molecule has 0 radical (unpaired) electrons. The van der Waals surface area contributed by atoms with E-state index in [1.54, 1.807) is 0 Å². The molecular formula is C20H26N2O2S. The van der Waals surface area contributed by atoms with Crippen molar-refractivity contribution in [2.24, 2.45) is 16.7 Å². The minimum absolute atomic E-state index is 0.000142. The van der Waals surface area contributed by atoms with E-state index in [4.69, 9.17) is 0 Å². The fourth-order valence-electron chi connectivity index (χ4n) is 3.73. The molecule has 1 aromatic carbocycles. The van der Waals surface area contributed by atoms with Gasteiger partial charge >= 0.3 is 0 Å². The van der Waals surface area contributed by atoms with Crippen molar-refractivity contribution in [3.63, 3.8) is 0 Å². The van der Waals surface area contributed by atoms with Crippen LogP contribution in [-0.4, -0.2) is 17.9 Å². The highest BCUT2D eigenvalue weighted by Gasteiger charge is 2.68. The number of amides is 2. The SMILES string of the molecule is CC(C)NC(=O)c1c(NC(=O)C2C(C)(C)C2(C)C)sc2ccccc12. The Hall–Kier alpha value is -1.88. The normalized spacial score (nSPS) is 18.4. The first kappa shape index (κ1) is 17.9. The lowest BCUT2D eigenvalue weighted by Gasteiger charge is -2.11. The number of hydrogen-bond acceptors (Lipinski definition) is 3. The zero-order valence-electron chi connectivity index (χ0n) is 15.7. The lowest BCUT2D eigenvalue weighted by atomic mass is 10.0. The van der Waals surface area contributed by atoms with E-state index in [-0.39, 0.29) is 34.6 Å². The van der Waals surface area contributed by atoms with Crippen LogP contribution in [0.15, 0.2) is 24.3 Å². The Morgan fingerprint density at radius 1 is 1.08 bits per heavy atom. The molecule has 4 nitrogen and oxygen atoms in total. The zero-order valence-corrected chi connectivity index (χ0v) is 16.5. The highest BCUT2D eigenvalue weighted by atomic mass is 32.1. The molecule has 5 heteroatoms. The van der Waals surface area contributed by atoms with E-state index < -0.39 is 0 Å². The zero-order chi connectivity index (χ0) is 18.6. The van der Waals surface area contributed by atoms with Crippen LogP contribution in [0.5, 0.6) is 0 Å². The van der Waals surface area contributed by atoms with Crippen molar-refractivity contribution in [3.8, 4) is 0 Å². The van der Waals surface area contributed by atoms with Gasteiger partial charge in [0.1, 0.15) is 5.00 Å². The molecule has 0 bridgehead atoms. The van der Waals surface area contributed by atoms with Gasteiger partial charge in [0.25, 0.3) is 5.91 Å². The molecule has 0 atom stereocenters. The highest BCUT2D eigenvalue weighted by Crippen LogP contribution is 2.68. The third-order valence-electron chi connectivity index (χ3n) is 5.76. The number of carbonyl (C=O) groups is 2. The van der Waals surface area contributed by atoms with Gasteiger partial charge in [-0.05, 0) is 30.7 Å². The van der Waals surface area contributed by atoms with Gasteiger partial charge in [-0.25, -0.2) is 0 Å². The van der Waals surface area contributed by atoms with Crippen LogP contribution < -0.4 is 10.6 Å². The third-order valence-corrected chi connectivity index (χ3v) is 6.85. The molecule has 0 spiro atoms. The fourth-order valence-corrected chi connectivity index (χ4v) is 4.83. The second-order valence-corrected chi connectivity index (χ2v) is 9.35. The van der Waals surface area contributed by atoms with Crippen molar-refractivity contribution < 1.29 is 9.59 Å². The lowest BCUT2D eigenvalue weighted by molar-refractivity contribution is -0.118. The first-order valence-electron chi connectivity index (χ1n) is 8.70. The Kier molecular flexibility index (Phi) is 4.18. The van der Waals surface area contributed by atoms with Crippen molar-refractivity contribution in [1.82, 2.24) is 5.32 Å². The van der Waals surface area contributed by atoms with Gasteiger partial charge in [0.05, 0.1) is 5.56 Å². The topological polar surface area (TPSA) is 58.2 Å². The molecule has 1 aliphatic carbocycles. The fraction of sp³-hybridized carbons (Fsp3) is 0.500. The number of nitrogens with one attached hydrogen (secondary N) is 2. The van der Waals surface area contributed by atoms with Gasteiger partial charge in [-0.2, -0.15) is 0 Å². The Morgan fingerprint density at radius 2 is 1.68 bits per heavy atom. The smallest absolute Gasteiger partial charge is 0.255 e. The summed E-state index contributed by atoms with van der Waals surface area (Å²) >= 11 is 1.46. The second-order valence-electron chi connectivity index (χ2n) is 8.30. The lowest BCUT2D eigenvalue weighted by Crippen LogP contribution is -2.30. The van der Waals surface area contributed by atoms with Crippen LogP contribution in [-0.2, 0) is 4.79 Å². The van der Waals surface area contributed by atoms with E-state index in [0.29, 0.717) is 10.6 Å². The van der Waals surface area contributed by atoms with Crippen molar-refractivity contribution >= 4 is 38.2 Å². The highest BCUT2D eigenvalue weighted by molar-refractivity contribution is 7.23. The Bertz CT molecular complexity index is 834. The molecule has 2 amide bonds. The van der Waals surface area contributed by atoms with Crippen molar-refractivity contribution in [1.29, 1.82) is 0 Å². The minimum Gasteiger partial charge on any atom is -0.350 e. The summed E-state index contributed by atoms with van der Waals surface area (Å²) in [5, 5.41) is 7.52. The summed E-state index contributed by atoms with van der Waals surface area (Å²) in [5.41, 5.74) is 0.501. The van der Waals surface area contributed by atoms with Gasteiger partial charge in [0.2, 0.25) is 5.91 Å². The van der Waals surface area contributed by atoms with Crippen LogP contribution >= 0.6 is 11.3 Å². The molecule has 1 heterocycles. The molecule has 134 valence electrons. The molecule has 25 heavy (non-hydrogen) atoms. The quantitative estimate of drug-likeness (QED) is 0.835. The maximum absolute atomic E-state index is 12.8. The van der Waals surface area contributed by atoms with E-state index in [2.05, 4.69) is 38.3 Å². The maximum atomic E-state index is 12.8. The molecule has 0 unspecified atom stereocenters. The van der Waals surface area contributed by atoms with Gasteiger partial charge in [-0.3, -0.25) is 9.59 Å². The van der Waals surface area contributed by atoms with Gasteiger partial charge < -0.3 is 10.6 Å². The molecule has 2 aromatic rings. The van der Waals surface area contributed by atoms with E-state index in [1.165, 1.54) is 11.3 Å². The van der Waals surface area contributed by atoms with E-state index >= 15 is 0 Å². The summed E-state index contributed by atoms with van der Waals surface area (Å²) < 4.78 is 1.00. The molecule has 3 rings (SSSR count). The maximum Gasteiger partial charge on any atom is 0.255 e.